The molecule has 1 aromatic carbocycles. The summed E-state index contributed by atoms with van der Waals surface area (Å²) in [7, 11) is 0. The molecule has 2 N–H and O–H groups in total. The number of hydrogen-bond acceptors (Lipinski definition) is 2. The quantitative estimate of drug-likeness (QED) is 0.900. The Kier molecular flexibility index (Phi) is 4.03. The molecule has 0 spiro atoms. The van der Waals surface area contributed by atoms with E-state index in [1.807, 2.05) is 0 Å². The standard InChI is InChI=1S/C17H28N2/c1-5-17(4)12-15(18)11-16(2,3)19(17)13-14-9-7-6-8-10-14/h6-10,15H,5,11-13,18H2,1-4H3. The van der Waals surface area contributed by atoms with Crippen LogP contribution in [0.5, 0.6) is 0 Å². The summed E-state index contributed by atoms with van der Waals surface area (Å²) in [6, 6.07) is 11.1. The molecule has 0 aromatic heterocycles. The highest BCUT2D eigenvalue weighted by Gasteiger charge is 2.45. The number of nitrogens with zero attached hydrogens (tertiary/aromatic N) is 1. The van der Waals surface area contributed by atoms with E-state index in [0.717, 1.165) is 25.8 Å². The van der Waals surface area contributed by atoms with Gasteiger partial charge in [-0.15, -0.1) is 0 Å². The van der Waals surface area contributed by atoms with Gasteiger partial charge in [-0.2, -0.15) is 0 Å². The maximum atomic E-state index is 6.29. The van der Waals surface area contributed by atoms with E-state index in [-0.39, 0.29) is 11.1 Å². The first-order valence-corrected chi connectivity index (χ1v) is 7.45. The van der Waals surface area contributed by atoms with Gasteiger partial charge in [-0.05, 0) is 45.6 Å². The monoisotopic (exact) mass is 260 g/mol. The van der Waals surface area contributed by atoms with Gasteiger partial charge in [-0.25, -0.2) is 0 Å². The molecule has 0 bridgehead atoms. The minimum absolute atomic E-state index is 0.165. The Labute approximate surface area is 118 Å². The van der Waals surface area contributed by atoms with Crippen LogP contribution in [-0.2, 0) is 6.54 Å². The number of nitrogens with two attached hydrogens (primary N) is 1. The van der Waals surface area contributed by atoms with Gasteiger partial charge in [0, 0.05) is 23.7 Å². The van der Waals surface area contributed by atoms with Gasteiger partial charge in [0.15, 0.2) is 0 Å². The molecule has 0 radical (unpaired) electrons. The summed E-state index contributed by atoms with van der Waals surface area (Å²) in [5.74, 6) is 0. The van der Waals surface area contributed by atoms with Crippen molar-refractivity contribution in [3.8, 4) is 0 Å². The Bertz CT molecular complexity index is 413. The summed E-state index contributed by atoms with van der Waals surface area (Å²) in [6.45, 7) is 10.3. The van der Waals surface area contributed by atoms with Gasteiger partial charge < -0.3 is 5.73 Å². The second-order valence-electron chi connectivity index (χ2n) is 6.90. The lowest BCUT2D eigenvalue weighted by Gasteiger charge is -2.56. The molecule has 2 atom stereocenters. The van der Waals surface area contributed by atoms with Crippen molar-refractivity contribution < 1.29 is 0 Å². The third kappa shape index (κ3) is 3.01. The maximum Gasteiger partial charge on any atom is 0.0244 e. The molecule has 1 aromatic rings. The van der Waals surface area contributed by atoms with E-state index in [1.54, 1.807) is 0 Å². The number of rotatable bonds is 3. The van der Waals surface area contributed by atoms with E-state index < -0.39 is 0 Å². The van der Waals surface area contributed by atoms with Crippen molar-refractivity contribution in [3.05, 3.63) is 35.9 Å². The van der Waals surface area contributed by atoms with Crippen LogP contribution >= 0.6 is 0 Å². The van der Waals surface area contributed by atoms with Crippen LogP contribution in [0.3, 0.4) is 0 Å². The van der Waals surface area contributed by atoms with E-state index in [2.05, 4.69) is 62.9 Å². The summed E-state index contributed by atoms with van der Waals surface area (Å²) in [5, 5.41) is 0. The van der Waals surface area contributed by atoms with Crippen LogP contribution in [0.1, 0.15) is 52.5 Å². The third-order valence-electron chi connectivity index (χ3n) is 4.79. The van der Waals surface area contributed by atoms with Crippen LogP contribution in [0.2, 0.25) is 0 Å². The lowest BCUT2D eigenvalue weighted by atomic mass is 9.75. The fourth-order valence-electron chi connectivity index (χ4n) is 3.74. The summed E-state index contributed by atoms with van der Waals surface area (Å²) in [6.07, 6.45) is 3.33. The Morgan fingerprint density at radius 3 is 2.37 bits per heavy atom. The first-order chi connectivity index (χ1) is 8.87. The van der Waals surface area contributed by atoms with Crippen molar-refractivity contribution in [1.82, 2.24) is 4.90 Å². The van der Waals surface area contributed by atoms with Crippen LogP contribution < -0.4 is 5.73 Å². The Hall–Kier alpha value is -0.860. The van der Waals surface area contributed by atoms with E-state index in [0.29, 0.717) is 6.04 Å². The average molecular weight is 260 g/mol. The zero-order chi connectivity index (χ0) is 14.1. The minimum atomic E-state index is 0.165. The highest BCUT2D eigenvalue weighted by atomic mass is 15.3. The molecule has 106 valence electrons. The number of hydrogen-bond donors (Lipinski definition) is 1. The van der Waals surface area contributed by atoms with Gasteiger partial charge in [0.2, 0.25) is 0 Å². The average Bonchev–Trinajstić information content (AvgIpc) is 2.34. The summed E-state index contributed by atoms with van der Waals surface area (Å²) >= 11 is 0. The molecule has 0 aliphatic carbocycles. The van der Waals surface area contributed by atoms with Crippen LogP contribution in [0.15, 0.2) is 30.3 Å². The van der Waals surface area contributed by atoms with E-state index >= 15 is 0 Å². The summed E-state index contributed by atoms with van der Waals surface area (Å²) < 4.78 is 0. The second kappa shape index (κ2) is 5.26. The molecular weight excluding hydrogens is 232 g/mol. The molecule has 2 heteroatoms. The molecule has 1 saturated heterocycles. The maximum absolute atomic E-state index is 6.29. The highest BCUT2D eigenvalue weighted by Crippen LogP contribution is 2.40. The van der Waals surface area contributed by atoms with Gasteiger partial charge in [-0.3, -0.25) is 4.90 Å². The molecule has 2 rings (SSSR count). The molecule has 2 unspecified atom stereocenters. The van der Waals surface area contributed by atoms with Crippen molar-refractivity contribution in [2.45, 2.75) is 70.6 Å². The predicted octanol–water partition coefficient (Wildman–Crippen LogP) is 3.56. The summed E-state index contributed by atoms with van der Waals surface area (Å²) in [4.78, 5) is 2.67. The fraction of sp³-hybridized carbons (Fsp3) is 0.647. The van der Waals surface area contributed by atoms with Crippen LogP contribution in [0.4, 0.5) is 0 Å². The first kappa shape index (κ1) is 14.5. The van der Waals surface area contributed by atoms with Crippen molar-refractivity contribution in [1.29, 1.82) is 0 Å². The second-order valence-corrected chi connectivity index (χ2v) is 6.90. The van der Waals surface area contributed by atoms with Gasteiger partial charge in [0.1, 0.15) is 0 Å². The van der Waals surface area contributed by atoms with Crippen molar-refractivity contribution >= 4 is 0 Å². The number of likely N-dealkylation sites (tertiary alicyclic amines) is 1. The SMILES string of the molecule is CCC1(C)CC(N)CC(C)(C)N1Cc1ccccc1. The Morgan fingerprint density at radius 2 is 1.79 bits per heavy atom. The van der Waals surface area contributed by atoms with E-state index in [1.165, 1.54) is 5.56 Å². The molecule has 1 heterocycles. The molecule has 0 amide bonds. The highest BCUT2D eigenvalue weighted by molar-refractivity contribution is 5.16. The minimum Gasteiger partial charge on any atom is -0.328 e. The van der Waals surface area contributed by atoms with Crippen molar-refractivity contribution in [2.24, 2.45) is 5.73 Å². The Morgan fingerprint density at radius 1 is 1.16 bits per heavy atom. The normalized spacial score (nSPS) is 31.3. The van der Waals surface area contributed by atoms with Crippen LogP contribution in [-0.4, -0.2) is 22.0 Å². The van der Waals surface area contributed by atoms with Crippen LogP contribution in [0, 0.1) is 0 Å². The molecule has 1 aliphatic heterocycles. The number of benzene rings is 1. The van der Waals surface area contributed by atoms with Crippen molar-refractivity contribution in [3.63, 3.8) is 0 Å². The third-order valence-corrected chi connectivity index (χ3v) is 4.79. The lowest BCUT2D eigenvalue weighted by molar-refractivity contribution is -0.0539. The molecule has 19 heavy (non-hydrogen) atoms. The largest absolute Gasteiger partial charge is 0.328 e. The number of piperidine rings is 1. The first-order valence-electron chi connectivity index (χ1n) is 7.45. The smallest absolute Gasteiger partial charge is 0.0244 e. The predicted molar refractivity (Wildman–Crippen MR) is 82.0 cm³/mol. The van der Waals surface area contributed by atoms with E-state index in [9.17, 15) is 0 Å². The van der Waals surface area contributed by atoms with Crippen molar-refractivity contribution in [2.75, 3.05) is 0 Å². The van der Waals surface area contributed by atoms with Gasteiger partial charge in [0.05, 0.1) is 0 Å². The molecule has 2 nitrogen and oxygen atoms in total. The Balaban J connectivity index is 2.28. The fourth-order valence-corrected chi connectivity index (χ4v) is 3.74. The molecule has 1 aliphatic rings. The van der Waals surface area contributed by atoms with Gasteiger partial charge in [0.25, 0.3) is 0 Å². The zero-order valence-corrected chi connectivity index (χ0v) is 12.8. The van der Waals surface area contributed by atoms with Crippen LogP contribution in [0.25, 0.3) is 0 Å². The van der Waals surface area contributed by atoms with E-state index in [4.69, 9.17) is 5.73 Å². The van der Waals surface area contributed by atoms with Gasteiger partial charge >= 0.3 is 0 Å². The summed E-state index contributed by atoms with van der Waals surface area (Å²) in [5.41, 5.74) is 8.05. The topological polar surface area (TPSA) is 29.3 Å². The molecule has 1 fully saturated rings. The zero-order valence-electron chi connectivity index (χ0n) is 12.8. The lowest BCUT2D eigenvalue weighted by Crippen LogP contribution is -2.63. The molecular formula is C17H28N2. The molecule has 0 saturated carbocycles. The van der Waals surface area contributed by atoms with Gasteiger partial charge in [-0.1, -0.05) is 37.3 Å².